The Morgan fingerprint density at radius 2 is 2.21 bits per heavy atom. The fourth-order valence-electron chi connectivity index (χ4n) is 1.69. The van der Waals surface area contributed by atoms with Crippen LogP contribution in [0.5, 0.6) is 0 Å². The van der Waals surface area contributed by atoms with Gasteiger partial charge in [0.25, 0.3) is 5.56 Å². The van der Waals surface area contributed by atoms with Gasteiger partial charge in [0, 0.05) is 5.56 Å². The predicted molar refractivity (Wildman–Crippen MR) is 77.0 cm³/mol. The maximum absolute atomic E-state index is 13.1. The summed E-state index contributed by atoms with van der Waals surface area (Å²) in [5, 5.41) is 0.000101. The molecule has 0 aliphatic heterocycles. The van der Waals surface area contributed by atoms with E-state index in [1.54, 1.807) is 0 Å². The molecule has 0 unspecified atom stereocenters. The minimum absolute atomic E-state index is 0.000101. The van der Waals surface area contributed by atoms with Crippen molar-refractivity contribution in [1.82, 2.24) is 9.97 Å². The maximum Gasteiger partial charge on any atom is 0.265 e. The number of nitrogens with zero attached hydrogens (tertiary/aromatic N) is 1. The molecule has 0 radical (unpaired) electrons. The molecule has 6 heteroatoms. The summed E-state index contributed by atoms with van der Waals surface area (Å²) < 4.78 is 13.6. The minimum Gasteiger partial charge on any atom is -0.306 e. The average molecular weight is 346 g/mol. The molecule has 1 N–H and O–H groups in total. The summed E-state index contributed by atoms with van der Waals surface area (Å²) in [6, 6.07) is 4.22. The Hall–Kier alpha value is -1.20. The number of hydrogen-bond acceptors (Lipinski definition) is 2. The number of halogens is 3. The fraction of sp³-hybridized carbons (Fsp3) is 0.231. The molecule has 1 heterocycles. The maximum atomic E-state index is 13.1. The van der Waals surface area contributed by atoms with Gasteiger partial charge < -0.3 is 4.98 Å². The van der Waals surface area contributed by atoms with Crippen LogP contribution in [-0.2, 0) is 6.42 Å². The van der Waals surface area contributed by atoms with Crippen LogP contribution in [0, 0.1) is 5.82 Å². The molecule has 2 aromatic rings. The molecule has 19 heavy (non-hydrogen) atoms. The molecule has 0 bridgehead atoms. The molecule has 0 aliphatic carbocycles. The minimum atomic E-state index is -0.501. The second kappa shape index (κ2) is 5.84. The van der Waals surface area contributed by atoms with Gasteiger partial charge in [0.1, 0.15) is 16.1 Å². The lowest BCUT2D eigenvalue weighted by Crippen LogP contribution is -2.13. The van der Waals surface area contributed by atoms with E-state index in [-0.39, 0.29) is 10.6 Å². The standard InChI is InChI=1S/C13H11BrClFN2O/c1-2-3-10-11(14)13(19)18-12(17-10)7-4-5-9(16)8(15)6-7/h4-6H,2-3H2,1H3,(H,17,18,19). The van der Waals surface area contributed by atoms with Crippen molar-refractivity contribution in [1.29, 1.82) is 0 Å². The quantitative estimate of drug-likeness (QED) is 0.915. The molecule has 1 aromatic carbocycles. The van der Waals surface area contributed by atoms with E-state index in [1.165, 1.54) is 18.2 Å². The Kier molecular flexibility index (Phi) is 4.37. The molecule has 0 spiro atoms. The normalized spacial score (nSPS) is 10.7. The van der Waals surface area contributed by atoms with Crippen molar-refractivity contribution in [3.8, 4) is 11.4 Å². The highest BCUT2D eigenvalue weighted by molar-refractivity contribution is 9.10. The lowest BCUT2D eigenvalue weighted by atomic mass is 10.2. The molecule has 0 atom stereocenters. The van der Waals surface area contributed by atoms with E-state index in [0.29, 0.717) is 28.0 Å². The molecule has 0 fully saturated rings. The molecule has 0 saturated carbocycles. The number of aryl methyl sites for hydroxylation is 1. The first-order valence-corrected chi connectivity index (χ1v) is 6.94. The monoisotopic (exact) mass is 344 g/mol. The molecular formula is C13H11BrClFN2O. The molecule has 0 saturated heterocycles. The van der Waals surface area contributed by atoms with Crippen LogP contribution in [0.15, 0.2) is 27.5 Å². The molecule has 100 valence electrons. The summed E-state index contributed by atoms with van der Waals surface area (Å²) >= 11 is 8.95. The molecule has 0 aliphatic rings. The fourth-order valence-corrected chi connectivity index (χ4v) is 2.25. The van der Waals surface area contributed by atoms with Gasteiger partial charge in [-0.3, -0.25) is 4.79 Å². The van der Waals surface area contributed by atoms with Crippen molar-refractivity contribution < 1.29 is 4.39 Å². The third-order valence-corrected chi connectivity index (χ3v) is 3.72. The predicted octanol–water partition coefficient (Wildman–Crippen LogP) is 3.94. The summed E-state index contributed by atoms with van der Waals surface area (Å²) in [7, 11) is 0. The van der Waals surface area contributed by atoms with E-state index in [4.69, 9.17) is 11.6 Å². The number of benzene rings is 1. The number of aromatic amines is 1. The highest BCUT2D eigenvalue weighted by Gasteiger charge is 2.11. The van der Waals surface area contributed by atoms with Gasteiger partial charge >= 0.3 is 0 Å². The van der Waals surface area contributed by atoms with Gasteiger partial charge in [-0.1, -0.05) is 24.9 Å². The Bertz CT molecular complexity index is 672. The third-order valence-electron chi connectivity index (χ3n) is 2.61. The van der Waals surface area contributed by atoms with E-state index >= 15 is 0 Å². The highest BCUT2D eigenvalue weighted by Crippen LogP contribution is 2.23. The number of rotatable bonds is 3. The Morgan fingerprint density at radius 3 is 2.84 bits per heavy atom. The van der Waals surface area contributed by atoms with Gasteiger partial charge in [-0.15, -0.1) is 0 Å². The van der Waals surface area contributed by atoms with Crippen LogP contribution in [0.4, 0.5) is 4.39 Å². The molecular weight excluding hydrogens is 335 g/mol. The van der Waals surface area contributed by atoms with Gasteiger partial charge in [-0.05, 0) is 40.5 Å². The zero-order valence-corrected chi connectivity index (χ0v) is 12.5. The second-order valence-electron chi connectivity index (χ2n) is 4.05. The summed E-state index contributed by atoms with van der Waals surface area (Å²) in [6.45, 7) is 2.00. The Labute approximate surface area is 123 Å². The van der Waals surface area contributed by atoms with Crippen LogP contribution in [0.3, 0.4) is 0 Å². The van der Waals surface area contributed by atoms with Crippen LogP contribution in [-0.4, -0.2) is 9.97 Å². The van der Waals surface area contributed by atoms with Crippen LogP contribution >= 0.6 is 27.5 Å². The van der Waals surface area contributed by atoms with Gasteiger partial charge in [-0.2, -0.15) is 0 Å². The van der Waals surface area contributed by atoms with Crippen molar-refractivity contribution in [3.05, 3.63) is 49.6 Å². The van der Waals surface area contributed by atoms with Crippen LogP contribution < -0.4 is 5.56 Å². The van der Waals surface area contributed by atoms with Crippen molar-refractivity contribution >= 4 is 27.5 Å². The van der Waals surface area contributed by atoms with E-state index in [0.717, 1.165) is 6.42 Å². The van der Waals surface area contributed by atoms with E-state index in [1.807, 2.05) is 6.92 Å². The van der Waals surface area contributed by atoms with Crippen LogP contribution in [0.2, 0.25) is 5.02 Å². The Morgan fingerprint density at radius 1 is 1.47 bits per heavy atom. The first-order valence-electron chi connectivity index (χ1n) is 5.77. The smallest absolute Gasteiger partial charge is 0.265 e. The summed E-state index contributed by atoms with van der Waals surface area (Å²) in [5.74, 6) is -0.114. The lowest BCUT2D eigenvalue weighted by molar-refractivity contribution is 0.628. The molecule has 1 aromatic heterocycles. The SMILES string of the molecule is CCCc1nc(-c2ccc(F)c(Cl)c2)[nH]c(=O)c1Br. The van der Waals surface area contributed by atoms with Crippen LogP contribution in [0.25, 0.3) is 11.4 Å². The summed E-state index contributed by atoms with van der Waals surface area (Å²) in [4.78, 5) is 18.8. The van der Waals surface area contributed by atoms with E-state index < -0.39 is 5.82 Å². The largest absolute Gasteiger partial charge is 0.306 e. The van der Waals surface area contributed by atoms with Gasteiger partial charge in [0.2, 0.25) is 0 Å². The van der Waals surface area contributed by atoms with Crippen molar-refractivity contribution in [2.75, 3.05) is 0 Å². The topological polar surface area (TPSA) is 45.8 Å². The zero-order chi connectivity index (χ0) is 14.0. The first kappa shape index (κ1) is 14.2. The number of H-pyrrole nitrogens is 1. The number of nitrogens with one attached hydrogen (secondary N) is 1. The third kappa shape index (κ3) is 3.04. The Balaban J connectivity index is 2.56. The van der Waals surface area contributed by atoms with E-state index in [9.17, 15) is 9.18 Å². The summed E-state index contributed by atoms with van der Waals surface area (Å²) in [5.41, 5.74) is 1.00. The average Bonchev–Trinajstić information content (AvgIpc) is 2.38. The molecule has 3 nitrogen and oxygen atoms in total. The van der Waals surface area contributed by atoms with Crippen molar-refractivity contribution in [2.24, 2.45) is 0 Å². The number of hydrogen-bond donors (Lipinski definition) is 1. The number of aromatic nitrogens is 2. The first-order chi connectivity index (χ1) is 9.02. The second-order valence-corrected chi connectivity index (χ2v) is 5.25. The van der Waals surface area contributed by atoms with Crippen molar-refractivity contribution in [2.45, 2.75) is 19.8 Å². The van der Waals surface area contributed by atoms with Gasteiger partial charge in [-0.25, -0.2) is 9.37 Å². The highest BCUT2D eigenvalue weighted by atomic mass is 79.9. The van der Waals surface area contributed by atoms with Gasteiger partial charge in [0.15, 0.2) is 0 Å². The van der Waals surface area contributed by atoms with Crippen molar-refractivity contribution in [3.63, 3.8) is 0 Å². The molecule has 2 rings (SSSR count). The van der Waals surface area contributed by atoms with E-state index in [2.05, 4.69) is 25.9 Å². The lowest BCUT2D eigenvalue weighted by Gasteiger charge is -2.06. The van der Waals surface area contributed by atoms with Gasteiger partial charge in [0.05, 0.1) is 10.7 Å². The zero-order valence-electron chi connectivity index (χ0n) is 10.1. The molecule has 0 amide bonds. The van der Waals surface area contributed by atoms with Crippen LogP contribution in [0.1, 0.15) is 19.0 Å². The summed E-state index contributed by atoms with van der Waals surface area (Å²) in [6.07, 6.45) is 1.56.